The minimum absolute atomic E-state index is 0. The van der Waals surface area contributed by atoms with Crippen LogP contribution < -0.4 is 16.4 Å². The van der Waals surface area contributed by atoms with Crippen LogP contribution in [0.25, 0.3) is 0 Å². The minimum atomic E-state index is -0.600. The summed E-state index contributed by atoms with van der Waals surface area (Å²) in [6, 6.07) is 7.10. The number of hydrogen-bond donors (Lipinski definition) is 3. The van der Waals surface area contributed by atoms with Crippen LogP contribution in [0.3, 0.4) is 0 Å². The Bertz CT molecular complexity index is 577. The molecule has 1 rings (SSSR count). The van der Waals surface area contributed by atoms with Crippen molar-refractivity contribution in [1.29, 1.82) is 0 Å². The zero-order chi connectivity index (χ0) is 18.3. The lowest BCUT2D eigenvalue weighted by molar-refractivity contribution is -0.127. The maximum atomic E-state index is 11.9. The van der Waals surface area contributed by atoms with Crippen LogP contribution in [0.5, 0.6) is 0 Å². The summed E-state index contributed by atoms with van der Waals surface area (Å²) in [4.78, 5) is 23.6. The number of carbonyl (C=O) groups excluding carboxylic acids is 2. The molecule has 0 bridgehead atoms. The van der Waals surface area contributed by atoms with E-state index in [1.54, 1.807) is 0 Å². The van der Waals surface area contributed by atoms with Crippen LogP contribution in [0, 0.1) is 11.3 Å². The van der Waals surface area contributed by atoms with Gasteiger partial charge in [-0.25, -0.2) is 0 Å². The van der Waals surface area contributed by atoms with E-state index in [1.807, 2.05) is 38.1 Å². The molecule has 0 aromatic heterocycles. The van der Waals surface area contributed by atoms with Gasteiger partial charge in [0.2, 0.25) is 11.8 Å². The predicted molar refractivity (Wildman–Crippen MR) is 105 cm³/mol. The number of hydrogen-bond acceptors (Lipinski definition) is 3. The molecule has 0 saturated heterocycles. The fourth-order valence-electron chi connectivity index (χ4n) is 2.25. The van der Waals surface area contributed by atoms with Crippen LogP contribution in [0.1, 0.15) is 33.3 Å². The predicted octanol–water partition coefficient (Wildman–Crippen LogP) is 2.55. The van der Waals surface area contributed by atoms with Gasteiger partial charge in [-0.15, -0.1) is 12.4 Å². The standard InChI is InChI=1S/C18H28ClN3O2.ClH/c1-12(2)16(20)17(24)21-10-15(23)22-11-18(3,4)9-13-6-5-7-14(19)8-13;/h5-8,12,16H,9-11,20H2,1-4H3,(H,21,24)(H,22,23);1H/t16-;/m0./s1. The largest absolute Gasteiger partial charge is 0.354 e. The maximum Gasteiger partial charge on any atom is 0.239 e. The van der Waals surface area contributed by atoms with E-state index >= 15 is 0 Å². The highest BCUT2D eigenvalue weighted by molar-refractivity contribution is 6.30. The zero-order valence-corrected chi connectivity index (χ0v) is 16.8. The normalized spacial score (nSPS) is 12.3. The molecule has 7 heteroatoms. The number of carbonyl (C=O) groups is 2. The summed E-state index contributed by atoms with van der Waals surface area (Å²) < 4.78 is 0. The second-order valence-electron chi connectivity index (χ2n) is 7.24. The van der Waals surface area contributed by atoms with Crippen molar-refractivity contribution in [2.45, 2.75) is 40.2 Å². The molecular weight excluding hydrogens is 361 g/mol. The van der Waals surface area contributed by atoms with Crippen molar-refractivity contribution in [3.05, 3.63) is 34.9 Å². The van der Waals surface area contributed by atoms with Crippen LogP contribution in [-0.4, -0.2) is 30.9 Å². The molecule has 0 aliphatic rings. The highest BCUT2D eigenvalue weighted by Crippen LogP contribution is 2.22. The fraction of sp³-hybridized carbons (Fsp3) is 0.556. The summed E-state index contributed by atoms with van der Waals surface area (Å²) in [6.45, 7) is 8.31. The molecule has 142 valence electrons. The smallest absolute Gasteiger partial charge is 0.239 e. The number of halogens is 2. The molecular formula is C18H29Cl2N3O2. The van der Waals surface area contributed by atoms with Crippen LogP contribution >= 0.6 is 24.0 Å². The van der Waals surface area contributed by atoms with E-state index < -0.39 is 6.04 Å². The third kappa shape index (κ3) is 9.10. The molecule has 1 aromatic carbocycles. The van der Waals surface area contributed by atoms with Crippen molar-refractivity contribution in [2.24, 2.45) is 17.1 Å². The zero-order valence-electron chi connectivity index (χ0n) is 15.3. The second-order valence-corrected chi connectivity index (χ2v) is 7.67. The lowest BCUT2D eigenvalue weighted by Gasteiger charge is -2.25. The monoisotopic (exact) mass is 389 g/mol. The van der Waals surface area contributed by atoms with Crippen LogP contribution in [-0.2, 0) is 16.0 Å². The molecule has 1 atom stereocenters. The van der Waals surface area contributed by atoms with E-state index in [4.69, 9.17) is 17.3 Å². The Hall–Kier alpha value is -1.30. The number of amides is 2. The number of nitrogens with one attached hydrogen (secondary N) is 2. The van der Waals surface area contributed by atoms with E-state index in [0.29, 0.717) is 11.6 Å². The molecule has 2 amide bonds. The summed E-state index contributed by atoms with van der Waals surface area (Å²) in [6.07, 6.45) is 0.790. The Morgan fingerprint density at radius 3 is 2.44 bits per heavy atom. The number of benzene rings is 1. The van der Waals surface area contributed by atoms with Crippen molar-refractivity contribution in [1.82, 2.24) is 10.6 Å². The van der Waals surface area contributed by atoms with E-state index in [0.717, 1.165) is 12.0 Å². The molecule has 25 heavy (non-hydrogen) atoms. The van der Waals surface area contributed by atoms with Gasteiger partial charge in [0, 0.05) is 11.6 Å². The van der Waals surface area contributed by atoms with Crippen LogP contribution in [0.2, 0.25) is 5.02 Å². The summed E-state index contributed by atoms with van der Waals surface area (Å²) in [5, 5.41) is 6.12. The summed E-state index contributed by atoms with van der Waals surface area (Å²) in [7, 11) is 0. The molecule has 1 aromatic rings. The van der Waals surface area contributed by atoms with Gasteiger partial charge in [0.1, 0.15) is 0 Å². The van der Waals surface area contributed by atoms with Gasteiger partial charge in [0.15, 0.2) is 0 Å². The SMILES string of the molecule is CC(C)[C@H](N)C(=O)NCC(=O)NCC(C)(C)Cc1cccc(Cl)c1.Cl. The molecule has 4 N–H and O–H groups in total. The van der Waals surface area contributed by atoms with Crippen LogP contribution in [0.4, 0.5) is 0 Å². The minimum Gasteiger partial charge on any atom is -0.354 e. The fourth-order valence-corrected chi connectivity index (χ4v) is 2.46. The lowest BCUT2D eigenvalue weighted by Crippen LogP contribution is -2.48. The maximum absolute atomic E-state index is 11.9. The molecule has 5 nitrogen and oxygen atoms in total. The van der Waals surface area contributed by atoms with E-state index in [1.165, 1.54) is 0 Å². The average molecular weight is 390 g/mol. The quantitative estimate of drug-likeness (QED) is 0.638. The Kier molecular flexibility index (Phi) is 10.1. The molecule has 0 aliphatic carbocycles. The molecule has 0 unspecified atom stereocenters. The van der Waals surface area contributed by atoms with Crippen molar-refractivity contribution in [2.75, 3.05) is 13.1 Å². The first-order chi connectivity index (χ1) is 11.1. The highest BCUT2D eigenvalue weighted by atomic mass is 35.5. The van der Waals surface area contributed by atoms with Gasteiger partial charge >= 0.3 is 0 Å². The van der Waals surface area contributed by atoms with E-state index in [2.05, 4.69) is 24.5 Å². The first-order valence-electron chi connectivity index (χ1n) is 8.15. The van der Waals surface area contributed by atoms with Crippen LogP contribution in [0.15, 0.2) is 24.3 Å². The van der Waals surface area contributed by atoms with Gasteiger partial charge < -0.3 is 16.4 Å². The summed E-state index contributed by atoms with van der Waals surface area (Å²) in [5.41, 5.74) is 6.73. The van der Waals surface area contributed by atoms with E-state index in [-0.39, 0.29) is 42.1 Å². The topological polar surface area (TPSA) is 84.2 Å². The highest BCUT2D eigenvalue weighted by Gasteiger charge is 2.21. The van der Waals surface area contributed by atoms with Gasteiger partial charge in [0.05, 0.1) is 12.6 Å². The lowest BCUT2D eigenvalue weighted by atomic mass is 9.85. The first-order valence-corrected chi connectivity index (χ1v) is 8.53. The van der Waals surface area contributed by atoms with Gasteiger partial charge in [0.25, 0.3) is 0 Å². The Balaban J connectivity index is 0.00000576. The van der Waals surface area contributed by atoms with Crippen molar-refractivity contribution in [3.8, 4) is 0 Å². The third-order valence-corrected chi connectivity index (χ3v) is 4.02. The molecule has 0 radical (unpaired) electrons. The average Bonchev–Trinajstić information content (AvgIpc) is 2.49. The molecule has 0 spiro atoms. The molecule has 0 heterocycles. The van der Waals surface area contributed by atoms with Gasteiger partial charge in [-0.3, -0.25) is 9.59 Å². The summed E-state index contributed by atoms with van der Waals surface area (Å²) in [5.74, 6) is -0.499. The number of rotatable bonds is 8. The Labute approximate surface area is 161 Å². The van der Waals surface area contributed by atoms with Crippen molar-refractivity contribution in [3.63, 3.8) is 0 Å². The van der Waals surface area contributed by atoms with Gasteiger partial charge in [-0.05, 0) is 35.4 Å². The van der Waals surface area contributed by atoms with Crippen molar-refractivity contribution < 1.29 is 9.59 Å². The second kappa shape index (κ2) is 10.6. The Morgan fingerprint density at radius 1 is 1.24 bits per heavy atom. The number of nitrogens with two attached hydrogens (primary N) is 1. The van der Waals surface area contributed by atoms with Crippen molar-refractivity contribution >= 4 is 35.8 Å². The van der Waals surface area contributed by atoms with Gasteiger partial charge in [-0.2, -0.15) is 0 Å². The summed E-state index contributed by atoms with van der Waals surface area (Å²) >= 11 is 6.00. The Morgan fingerprint density at radius 2 is 1.88 bits per heavy atom. The molecule has 0 saturated carbocycles. The first kappa shape index (κ1) is 23.7. The molecule has 0 fully saturated rings. The molecule has 0 aliphatic heterocycles. The van der Waals surface area contributed by atoms with E-state index in [9.17, 15) is 9.59 Å². The van der Waals surface area contributed by atoms with Gasteiger partial charge in [-0.1, -0.05) is 51.4 Å². The third-order valence-electron chi connectivity index (χ3n) is 3.78.